The molecule has 21 heavy (non-hydrogen) atoms. The second kappa shape index (κ2) is 6.71. The number of nitrogens with zero attached hydrogens (tertiary/aromatic N) is 2. The largest absolute Gasteiger partial charge is 0.495 e. The molecule has 0 radical (unpaired) electrons. The number of ether oxygens (including phenoxy) is 1. The predicted molar refractivity (Wildman–Crippen MR) is 79.3 cm³/mol. The van der Waals surface area contributed by atoms with Gasteiger partial charge in [0.15, 0.2) is 15.7 Å². The zero-order valence-electron chi connectivity index (χ0n) is 11.5. The summed E-state index contributed by atoms with van der Waals surface area (Å²) in [5.74, 6) is -0.199. The van der Waals surface area contributed by atoms with E-state index in [4.69, 9.17) is 21.1 Å². The molecule has 9 heteroatoms. The van der Waals surface area contributed by atoms with Gasteiger partial charge in [0, 0.05) is 0 Å². The molecule has 0 aliphatic heterocycles. The second-order valence-electron chi connectivity index (χ2n) is 3.86. The molecule has 8 nitrogen and oxygen atoms in total. The molecule has 0 bridgehead atoms. The van der Waals surface area contributed by atoms with Gasteiger partial charge in [0.05, 0.1) is 23.4 Å². The van der Waals surface area contributed by atoms with Gasteiger partial charge in [-0.05, 0) is 18.2 Å². The third-order valence-electron chi connectivity index (χ3n) is 2.56. The van der Waals surface area contributed by atoms with Crippen molar-refractivity contribution >= 4 is 27.1 Å². The van der Waals surface area contributed by atoms with Crippen molar-refractivity contribution in [3.8, 4) is 11.8 Å². The Morgan fingerprint density at radius 3 is 2.71 bits per heavy atom. The minimum absolute atomic E-state index is 0.0427. The first-order valence-electron chi connectivity index (χ1n) is 5.84. The lowest BCUT2D eigenvalue weighted by atomic mass is 10.3. The fourth-order valence-electron chi connectivity index (χ4n) is 1.40. The molecule has 0 aromatic heterocycles. The van der Waals surface area contributed by atoms with Crippen LogP contribution < -0.4 is 15.9 Å². The Balaban J connectivity index is 3.25. The first-order chi connectivity index (χ1) is 9.85. The lowest BCUT2D eigenvalue weighted by molar-refractivity contribution is 0.416. The number of sulfone groups is 1. The minimum atomic E-state index is -3.38. The molecule has 1 aromatic rings. The smallest absolute Gasteiger partial charge is 0.201 e. The summed E-state index contributed by atoms with van der Waals surface area (Å²) >= 11 is 0. The molecular weight excluding hydrogens is 294 g/mol. The number of anilines is 1. The average Bonchev–Trinajstić information content (AvgIpc) is 2.47. The van der Waals surface area contributed by atoms with Crippen LogP contribution in [-0.2, 0) is 9.84 Å². The normalized spacial score (nSPS) is 11.6. The summed E-state index contributed by atoms with van der Waals surface area (Å²) in [6, 6.07) is 5.88. The topological polar surface area (TPSA) is 141 Å². The summed E-state index contributed by atoms with van der Waals surface area (Å²) in [6.45, 7) is 1.54. The molecule has 0 spiro atoms. The van der Waals surface area contributed by atoms with Gasteiger partial charge in [-0.15, -0.1) is 0 Å². The number of hydrogen-bond acceptors (Lipinski definition) is 7. The quantitative estimate of drug-likeness (QED) is 0.401. The number of rotatable bonds is 6. The van der Waals surface area contributed by atoms with E-state index < -0.39 is 15.7 Å². The Bertz CT molecular complexity index is 719. The van der Waals surface area contributed by atoms with E-state index in [-0.39, 0.29) is 22.0 Å². The van der Waals surface area contributed by atoms with Crippen LogP contribution in [0.1, 0.15) is 6.92 Å². The summed E-state index contributed by atoms with van der Waals surface area (Å²) in [5, 5.41) is 19.5. The molecule has 0 atom stereocenters. The fourth-order valence-corrected chi connectivity index (χ4v) is 2.30. The standard InChI is InChI=1S/C12H15N5O3S/c1-3-21(18,19)8-4-5-11(20-2)9(6-8)16-17-10(7-13)12(14)15/h4-6,16H,3H2,1-2H3,(H3,14,15)/b17-10+. The number of hydrogen-bond donors (Lipinski definition) is 3. The van der Waals surface area contributed by atoms with Gasteiger partial charge in [0.2, 0.25) is 5.71 Å². The number of amidine groups is 1. The van der Waals surface area contributed by atoms with Crippen LogP contribution >= 0.6 is 0 Å². The Morgan fingerprint density at radius 1 is 1.57 bits per heavy atom. The molecule has 0 amide bonds. The van der Waals surface area contributed by atoms with Crippen molar-refractivity contribution in [2.75, 3.05) is 18.3 Å². The lowest BCUT2D eigenvalue weighted by Gasteiger charge is -2.10. The lowest BCUT2D eigenvalue weighted by Crippen LogP contribution is -2.22. The third kappa shape index (κ3) is 3.93. The van der Waals surface area contributed by atoms with Gasteiger partial charge in [0.1, 0.15) is 11.8 Å². The molecule has 112 valence electrons. The minimum Gasteiger partial charge on any atom is -0.495 e. The highest BCUT2D eigenvalue weighted by atomic mass is 32.2. The van der Waals surface area contributed by atoms with Crippen molar-refractivity contribution in [2.24, 2.45) is 10.8 Å². The van der Waals surface area contributed by atoms with Gasteiger partial charge in [0.25, 0.3) is 0 Å². The highest BCUT2D eigenvalue weighted by molar-refractivity contribution is 7.91. The molecular formula is C12H15N5O3S. The van der Waals surface area contributed by atoms with Crippen molar-refractivity contribution in [3.05, 3.63) is 18.2 Å². The maximum absolute atomic E-state index is 11.8. The molecule has 1 rings (SSSR count). The van der Waals surface area contributed by atoms with E-state index in [9.17, 15) is 8.42 Å². The monoisotopic (exact) mass is 309 g/mol. The van der Waals surface area contributed by atoms with Crippen molar-refractivity contribution in [3.63, 3.8) is 0 Å². The Labute approximate surface area is 122 Å². The number of methoxy groups -OCH3 is 1. The van der Waals surface area contributed by atoms with Gasteiger partial charge < -0.3 is 10.5 Å². The van der Waals surface area contributed by atoms with Gasteiger partial charge in [-0.2, -0.15) is 10.4 Å². The van der Waals surface area contributed by atoms with Crippen molar-refractivity contribution in [1.29, 1.82) is 10.7 Å². The molecule has 4 N–H and O–H groups in total. The van der Waals surface area contributed by atoms with Gasteiger partial charge >= 0.3 is 0 Å². The Kier molecular flexibility index (Phi) is 5.26. The summed E-state index contributed by atoms with van der Waals surface area (Å²) in [4.78, 5) is 0.102. The van der Waals surface area contributed by atoms with Crippen LogP contribution in [-0.4, -0.2) is 32.8 Å². The Morgan fingerprint density at radius 2 is 2.24 bits per heavy atom. The van der Waals surface area contributed by atoms with Gasteiger partial charge in [-0.3, -0.25) is 10.8 Å². The van der Waals surface area contributed by atoms with Crippen molar-refractivity contribution in [2.45, 2.75) is 11.8 Å². The van der Waals surface area contributed by atoms with Crippen LogP contribution in [0, 0.1) is 16.7 Å². The highest BCUT2D eigenvalue weighted by Gasteiger charge is 2.14. The van der Waals surface area contributed by atoms with Crippen molar-refractivity contribution < 1.29 is 13.2 Å². The van der Waals surface area contributed by atoms with E-state index in [1.54, 1.807) is 6.07 Å². The molecule has 0 aliphatic carbocycles. The SMILES string of the molecule is CCS(=O)(=O)c1ccc(OC)c(N/N=C(\C#N)C(=N)N)c1. The van der Waals surface area contributed by atoms with E-state index in [0.717, 1.165) is 0 Å². The number of nitrogens with one attached hydrogen (secondary N) is 2. The number of benzene rings is 1. The average molecular weight is 309 g/mol. The van der Waals surface area contributed by atoms with Crippen LogP contribution in [0.15, 0.2) is 28.2 Å². The second-order valence-corrected chi connectivity index (χ2v) is 6.14. The van der Waals surface area contributed by atoms with E-state index in [2.05, 4.69) is 10.5 Å². The first-order valence-corrected chi connectivity index (χ1v) is 7.50. The number of nitriles is 1. The first kappa shape index (κ1) is 16.5. The zero-order valence-corrected chi connectivity index (χ0v) is 12.4. The maximum atomic E-state index is 11.8. The van der Waals surface area contributed by atoms with Crippen LogP contribution in [0.25, 0.3) is 0 Å². The molecule has 1 aromatic carbocycles. The highest BCUT2D eigenvalue weighted by Crippen LogP contribution is 2.28. The van der Waals surface area contributed by atoms with Crippen LogP contribution in [0.2, 0.25) is 0 Å². The van der Waals surface area contributed by atoms with E-state index in [1.165, 1.54) is 32.2 Å². The van der Waals surface area contributed by atoms with E-state index >= 15 is 0 Å². The van der Waals surface area contributed by atoms with Crippen molar-refractivity contribution in [1.82, 2.24) is 0 Å². The van der Waals surface area contributed by atoms with Gasteiger partial charge in [-0.1, -0.05) is 6.92 Å². The number of hydrazone groups is 1. The van der Waals surface area contributed by atoms with Crippen LogP contribution in [0.3, 0.4) is 0 Å². The fraction of sp³-hybridized carbons (Fsp3) is 0.250. The summed E-state index contributed by atoms with van der Waals surface area (Å²) in [7, 11) is -1.97. The summed E-state index contributed by atoms with van der Waals surface area (Å²) < 4.78 is 28.8. The number of nitrogens with two attached hydrogens (primary N) is 1. The van der Waals surface area contributed by atoms with Crippen LogP contribution in [0.5, 0.6) is 5.75 Å². The molecule has 0 saturated carbocycles. The zero-order chi connectivity index (χ0) is 16.0. The predicted octanol–water partition coefficient (Wildman–Crippen LogP) is 0.716. The molecule has 0 saturated heterocycles. The van der Waals surface area contributed by atoms with E-state index in [0.29, 0.717) is 5.75 Å². The summed E-state index contributed by atoms with van der Waals surface area (Å²) in [6.07, 6.45) is 0. The van der Waals surface area contributed by atoms with E-state index in [1.807, 2.05) is 0 Å². The molecule has 0 fully saturated rings. The third-order valence-corrected chi connectivity index (χ3v) is 4.29. The molecule has 0 unspecified atom stereocenters. The molecule has 0 aliphatic rings. The van der Waals surface area contributed by atoms with Crippen LogP contribution in [0.4, 0.5) is 5.69 Å². The summed E-state index contributed by atoms with van der Waals surface area (Å²) in [5.41, 5.74) is 7.59. The Hall–Kier alpha value is -2.60. The maximum Gasteiger partial charge on any atom is 0.201 e. The molecule has 0 heterocycles. The van der Waals surface area contributed by atoms with Gasteiger partial charge in [-0.25, -0.2) is 8.42 Å².